The number of carbonyl (C=O) groups is 2. The number of hydrogen-bond acceptors (Lipinski definition) is 2. The lowest BCUT2D eigenvalue weighted by Crippen LogP contribution is -2.46. The van der Waals surface area contributed by atoms with Crippen molar-refractivity contribution < 1.29 is 9.59 Å². The van der Waals surface area contributed by atoms with Gasteiger partial charge in [-0.25, -0.2) is 0 Å². The van der Waals surface area contributed by atoms with Crippen molar-refractivity contribution in [2.45, 2.75) is 26.7 Å². The van der Waals surface area contributed by atoms with Crippen LogP contribution in [0, 0.1) is 5.92 Å². The van der Waals surface area contributed by atoms with Gasteiger partial charge in [-0.3, -0.25) is 9.59 Å². The Morgan fingerprint density at radius 3 is 2.48 bits per heavy atom. The summed E-state index contributed by atoms with van der Waals surface area (Å²) < 4.78 is 0. The maximum Gasteiger partial charge on any atom is 0.253 e. The van der Waals surface area contributed by atoms with E-state index in [4.69, 9.17) is 0 Å². The molecule has 114 valence electrons. The molecule has 1 fully saturated rings. The molecule has 0 radical (unpaired) electrons. The molecule has 4 nitrogen and oxygen atoms in total. The van der Waals surface area contributed by atoms with Crippen molar-refractivity contribution >= 4 is 11.8 Å². The van der Waals surface area contributed by atoms with Gasteiger partial charge in [0.2, 0.25) is 5.91 Å². The lowest BCUT2D eigenvalue weighted by atomic mass is 9.95. The van der Waals surface area contributed by atoms with Gasteiger partial charge in [-0.1, -0.05) is 18.2 Å². The lowest BCUT2D eigenvalue weighted by Gasteiger charge is -2.34. The third-order valence-corrected chi connectivity index (χ3v) is 4.15. The van der Waals surface area contributed by atoms with E-state index in [1.54, 1.807) is 0 Å². The molecule has 2 rings (SSSR count). The monoisotopic (exact) mass is 288 g/mol. The van der Waals surface area contributed by atoms with Crippen LogP contribution in [0.25, 0.3) is 0 Å². The number of rotatable bonds is 4. The summed E-state index contributed by atoms with van der Waals surface area (Å²) in [4.78, 5) is 28.6. The molecule has 4 heteroatoms. The summed E-state index contributed by atoms with van der Waals surface area (Å²) in [7, 11) is 0. The summed E-state index contributed by atoms with van der Waals surface area (Å²) in [5.74, 6) is 0.171. The normalized spacial score (nSPS) is 18.4. The van der Waals surface area contributed by atoms with Crippen LogP contribution in [0.1, 0.15) is 37.0 Å². The third kappa shape index (κ3) is 3.63. The third-order valence-electron chi connectivity index (χ3n) is 4.15. The molecule has 1 aliphatic rings. The first kappa shape index (κ1) is 15.5. The topological polar surface area (TPSA) is 40.6 Å². The fourth-order valence-corrected chi connectivity index (χ4v) is 2.92. The smallest absolute Gasteiger partial charge is 0.253 e. The zero-order chi connectivity index (χ0) is 15.2. The molecule has 0 aromatic heterocycles. The molecular weight excluding hydrogens is 264 g/mol. The Hall–Kier alpha value is -1.84. The van der Waals surface area contributed by atoms with Crippen molar-refractivity contribution in [3.05, 3.63) is 35.9 Å². The summed E-state index contributed by atoms with van der Waals surface area (Å²) in [6, 6.07) is 9.31. The van der Waals surface area contributed by atoms with Crippen molar-refractivity contribution in [2.75, 3.05) is 26.2 Å². The summed E-state index contributed by atoms with van der Waals surface area (Å²) in [6.45, 7) is 6.75. The quantitative estimate of drug-likeness (QED) is 0.853. The minimum absolute atomic E-state index is 0.0349. The second kappa shape index (κ2) is 7.25. The largest absolute Gasteiger partial charge is 0.343 e. The average Bonchev–Trinajstić information content (AvgIpc) is 2.56. The molecule has 1 aromatic rings. The maximum atomic E-state index is 12.5. The standard InChI is InChI=1S/C17H24N2O2/c1-3-18(4-2)17(21)15-11-8-12-19(13-15)16(20)14-9-6-5-7-10-14/h5-7,9-10,15H,3-4,8,11-13H2,1-2H3. The Balaban J connectivity index is 2.04. The van der Waals surface area contributed by atoms with Gasteiger partial charge in [-0.05, 0) is 38.8 Å². The van der Waals surface area contributed by atoms with Crippen LogP contribution in [0.15, 0.2) is 30.3 Å². The molecule has 0 saturated carbocycles. The number of carbonyl (C=O) groups excluding carboxylic acids is 2. The molecule has 1 heterocycles. The van der Waals surface area contributed by atoms with Gasteiger partial charge < -0.3 is 9.80 Å². The van der Waals surface area contributed by atoms with E-state index in [2.05, 4.69) is 0 Å². The van der Waals surface area contributed by atoms with E-state index in [1.807, 2.05) is 54.0 Å². The van der Waals surface area contributed by atoms with Crippen molar-refractivity contribution in [1.29, 1.82) is 0 Å². The molecule has 2 amide bonds. The van der Waals surface area contributed by atoms with Gasteiger partial charge in [0.1, 0.15) is 0 Å². The van der Waals surface area contributed by atoms with Gasteiger partial charge in [-0.2, -0.15) is 0 Å². The van der Waals surface area contributed by atoms with E-state index in [1.165, 1.54) is 0 Å². The van der Waals surface area contributed by atoms with Crippen LogP contribution >= 0.6 is 0 Å². The highest BCUT2D eigenvalue weighted by atomic mass is 16.2. The molecule has 0 spiro atoms. The van der Waals surface area contributed by atoms with Gasteiger partial charge >= 0.3 is 0 Å². The van der Waals surface area contributed by atoms with Crippen LogP contribution in [-0.2, 0) is 4.79 Å². The Labute approximate surface area is 126 Å². The molecule has 1 atom stereocenters. The van der Waals surface area contributed by atoms with Crippen LogP contribution < -0.4 is 0 Å². The van der Waals surface area contributed by atoms with Gasteiger partial charge in [0.05, 0.1) is 5.92 Å². The van der Waals surface area contributed by atoms with Gasteiger partial charge in [0.25, 0.3) is 5.91 Å². The van der Waals surface area contributed by atoms with E-state index in [0.717, 1.165) is 32.5 Å². The van der Waals surface area contributed by atoms with E-state index in [0.29, 0.717) is 12.1 Å². The van der Waals surface area contributed by atoms with Crippen LogP contribution in [0.4, 0.5) is 0 Å². The van der Waals surface area contributed by atoms with E-state index < -0.39 is 0 Å². The number of hydrogen-bond donors (Lipinski definition) is 0. The number of benzene rings is 1. The summed E-state index contributed by atoms with van der Waals surface area (Å²) in [5, 5.41) is 0. The number of amides is 2. The van der Waals surface area contributed by atoms with Crippen molar-refractivity contribution in [1.82, 2.24) is 9.80 Å². The highest BCUT2D eigenvalue weighted by Crippen LogP contribution is 2.20. The molecule has 0 aliphatic carbocycles. The number of likely N-dealkylation sites (tertiary alicyclic amines) is 1. The molecule has 1 unspecified atom stereocenters. The first-order valence-corrected chi connectivity index (χ1v) is 7.80. The lowest BCUT2D eigenvalue weighted by molar-refractivity contribution is -0.136. The minimum Gasteiger partial charge on any atom is -0.343 e. The van der Waals surface area contributed by atoms with Crippen molar-refractivity contribution in [3.8, 4) is 0 Å². The molecule has 0 bridgehead atoms. The van der Waals surface area contributed by atoms with E-state index in [-0.39, 0.29) is 17.7 Å². The van der Waals surface area contributed by atoms with Gasteiger partial charge in [-0.15, -0.1) is 0 Å². The number of piperidine rings is 1. The second-order valence-electron chi connectivity index (χ2n) is 5.47. The van der Waals surface area contributed by atoms with Crippen LogP contribution in [-0.4, -0.2) is 47.8 Å². The predicted octanol–water partition coefficient (Wildman–Crippen LogP) is 2.41. The fraction of sp³-hybridized carbons (Fsp3) is 0.529. The summed E-state index contributed by atoms with van der Waals surface area (Å²) in [6.07, 6.45) is 1.78. The SMILES string of the molecule is CCN(CC)C(=O)C1CCCN(C(=O)c2ccccc2)C1. The predicted molar refractivity (Wildman–Crippen MR) is 83.0 cm³/mol. The van der Waals surface area contributed by atoms with Gasteiger partial charge in [0, 0.05) is 31.7 Å². The maximum absolute atomic E-state index is 12.5. The average molecular weight is 288 g/mol. The molecule has 1 aromatic carbocycles. The summed E-state index contributed by atoms with van der Waals surface area (Å²) >= 11 is 0. The molecule has 0 N–H and O–H groups in total. The zero-order valence-corrected chi connectivity index (χ0v) is 12.9. The zero-order valence-electron chi connectivity index (χ0n) is 12.9. The summed E-state index contributed by atoms with van der Waals surface area (Å²) in [5.41, 5.74) is 0.702. The van der Waals surface area contributed by atoms with Crippen molar-refractivity contribution in [2.24, 2.45) is 5.92 Å². The molecule has 1 aliphatic heterocycles. The highest BCUT2D eigenvalue weighted by molar-refractivity contribution is 5.94. The van der Waals surface area contributed by atoms with Crippen LogP contribution in [0.5, 0.6) is 0 Å². The molecular formula is C17H24N2O2. The highest BCUT2D eigenvalue weighted by Gasteiger charge is 2.30. The van der Waals surface area contributed by atoms with E-state index in [9.17, 15) is 9.59 Å². The first-order valence-electron chi connectivity index (χ1n) is 7.80. The van der Waals surface area contributed by atoms with Crippen LogP contribution in [0.2, 0.25) is 0 Å². The Bertz CT molecular complexity index is 483. The Morgan fingerprint density at radius 2 is 1.86 bits per heavy atom. The molecule has 21 heavy (non-hydrogen) atoms. The Morgan fingerprint density at radius 1 is 1.19 bits per heavy atom. The van der Waals surface area contributed by atoms with Gasteiger partial charge in [0.15, 0.2) is 0 Å². The fourth-order valence-electron chi connectivity index (χ4n) is 2.92. The molecule has 1 saturated heterocycles. The minimum atomic E-state index is -0.0497. The van der Waals surface area contributed by atoms with E-state index >= 15 is 0 Å². The van der Waals surface area contributed by atoms with Crippen LogP contribution in [0.3, 0.4) is 0 Å². The first-order chi connectivity index (χ1) is 10.2. The van der Waals surface area contributed by atoms with Crippen molar-refractivity contribution in [3.63, 3.8) is 0 Å². The Kier molecular flexibility index (Phi) is 5.37. The second-order valence-corrected chi connectivity index (χ2v) is 5.47. The number of nitrogens with zero attached hydrogens (tertiary/aromatic N) is 2.